The molecule has 1 N–H and O–H groups in total. The van der Waals surface area contributed by atoms with E-state index in [0.717, 1.165) is 34.1 Å². The first-order valence-electron chi connectivity index (χ1n) is 12.3. The molecule has 37 heavy (non-hydrogen) atoms. The molecule has 1 atom stereocenters. The van der Waals surface area contributed by atoms with Crippen LogP contribution in [0.3, 0.4) is 0 Å². The van der Waals surface area contributed by atoms with Gasteiger partial charge in [-0.1, -0.05) is 25.5 Å². The minimum atomic E-state index is -4.34. The maximum atomic E-state index is 12.4. The lowest BCUT2D eigenvalue weighted by molar-refractivity contribution is -0.154. The maximum absolute atomic E-state index is 12.4. The number of hydrogen-bond donors (Lipinski definition) is 1. The van der Waals surface area contributed by atoms with Gasteiger partial charge in [0.2, 0.25) is 5.60 Å². The van der Waals surface area contributed by atoms with Crippen molar-refractivity contribution in [2.45, 2.75) is 83.5 Å². The van der Waals surface area contributed by atoms with Crippen molar-refractivity contribution in [3.8, 4) is 11.6 Å². The lowest BCUT2D eigenvalue weighted by Gasteiger charge is -2.26. The Bertz CT molecular complexity index is 1160. The van der Waals surface area contributed by atoms with E-state index in [1.165, 1.54) is 7.05 Å². The average Bonchev–Trinajstić information content (AvgIpc) is 2.81. The quantitative estimate of drug-likeness (QED) is 0.346. The molecule has 0 saturated heterocycles. The van der Waals surface area contributed by atoms with Crippen molar-refractivity contribution in [2.75, 3.05) is 6.61 Å². The number of aromatic nitrogens is 3. The number of benzene rings is 1. The molecular weight excluding hydrogens is 495 g/mol. The molecule has 0 aliphatic heterocycles. The van der Waals surface area contributed by atoms with Crippen molar-refractivity contribution in [1.29, 1.82) is 0 Å². The van der Waals surface area contributed by atoms with Gasteiger partial charge in [-0.15, -0.1) is 5.10 Å². The van der Waals surface area contributed by atoms with Crippen molar-refractivity contribution in [3.63, 3.8) is 0 Å². The van der Waals surface area contributed by atoms with E-state index in [9.17, 15) is 32.7 Å². The Labute approximate surface area is 212 Å². The number of unbranched alkanes of at least 4 members (excludes halogenated alkanes) is 2. The smallest absolute Gasteiger partial charge is 0.389 e. The molecule has 0 saturated carbocycles. The number of aliphatic carboxylic acids is 1. The number of aryl methyl sites for hydroxylation is 2. The summed E-state index contributed by atoms with van der Waals surface area (Å²) in [6.45, 7) is 3.33. The summed E-state index contributed by atoms with van der Waals surface area (Å²) in [6, 6.07) is 7.29. The van der Waals surface area contributed by atoms with Gasteiger partial charge in [0.25, 0.3) is 5.88 Å². The summed E-state index contributed by atoms with van der Waals surface area (Å²) in [5.41, 5.74) is -1.85. The lowest BCUT2D eigenvalue weighted by atomic mass is 10.0. The van der Waals surface area contributed by atoms with E-state index in [4.69, 9.17) is 9.47 Å². The van der Waals surface area contributed by atoms with Crippen molar-refractivity contribution in [3.05, 3.63) is 50.7 Å². The number of halogens is 3. The minimum absolute atomic E-state index is 0.153. The normalized spacial score (nSPS) is 13.2. The van der Waals surface area contributed by atoms with Crippen LogP contribution in [-0.4, -0.2) is 43.8 Å². The van der Waals surface area contributed by atoms with Crippen LogP contribution in [0.5, 0.6) is 11.6 Å². The largest absolute Gasteiger partial charge is 0.478 e. The number of carboxylic acid groups (broad SMARTS) is 1. The second-order valence-electron chi connectivity index (χ2n) is 9.09. The standard InChI is InChI=1S/C25H34F3N3O6/c1-4-13-24(2,22(33)34)37-19-12-8-11-18(17-19)10-6-5-7-16-36-20-21(32)30(3)23(35)31(29-20)15-9-14-25(26,27)28/h8,11-12,17H,4-7,9-10,13-16H2,1-3H3,(H,33,34). The molecule has 0 radical (unpaired) electrons. The van der Waals surface area contributed by atoms with E-state index in [1.807, 2.05) is 25.1 Å². The zero-order valence-corrected chi connectivity index (χ0v) is 21.3. The molecule has 9 nitrogen and oxygen atoms in total. The van der Waals surface area contributed by atoms with Crippen LogP contribution < -0.4 is 20.7 Å². The molecule has 2 rings (SSSR count). The third-order valence-corrected chi connectivity index (χ3v) is 5.81. The second kappa shape index (κ2) is 13.3. The summed E-state index contributed by atoms with van der Waals surface area (Å²) in [6.07, 6.45) is -1.84. The monoisotopic (exact) mass is 529 g/mol. The van der Waals surface area contributed by atoms with E-state index in [1.54, 1.807) is 13.0 Å². The van der Waals surface area contributed by atoms with Gasteiger partial charge in [0.1, 0.15) is 5.75 Å². The van der Waals surface area contributed by atoms with Crippen LogP contribution in [-0.2, 0) is 24.8 Å². The Kier molecular flexibility index (Phi) is 10.8. The summed E-state index contributed by atoms with van der Waals surface area (Å²) in [7, 11) is 1.22. The third kappa shape index (κ3) is 9.25. The van der Waals surface area contributed by atoms with Crippen molar-refractivity contribution in [1.82, 2.24) is 14.3 Å². The Balaban J connectivity index is 1.85. The number of alkyl halides is 3. The highest BCUT2D eigenvalue weighted by Gasteiger charge is 2.34. The number of hydrogen-bond acceptors (Lipinski definition) is 6. The molecule has 1 aromatic carbocycles. The highest BCUT2D eigenvalue weighted by molar-refractivity contribution is 5.77. The molecule has 0 spiro atoms. The van der Waals surface area contributed by atoms with E-state index in [2.05, 4.69) is 5.10 Å². The molecule has 1 unspecified atom stereocenters. The molecule has 0 amide bonds. The molecular formula is C25H34F3N3O6. The van der Waals surface area contributed by atoms with Crippen molar-refractivity contribution >= 4 is 5.97 Å². The first kappa shape index (κ1) is 29.9. The maximum Gasteiger partial charge on any atom is 0.389 e. The molecule has 0 aliphatic rings. The summed E-state index contributed by atoms with van der Waals surface area (Å²) >= 11 is 0. The van der Waals surface area contributed by atoms with Gasteiger partial charge in [0.15, 0.2) is 0 Å². The predicted molar refractivity (Wildman–Crippen MR) is 130 cm³/mol. The molecule has 0 fully saturated rings. The Morgan fingerprint density at radius 2 is 1.84 bits per heavy atom. The van der Waals surface area contributed by atoms with E-state index < -0.39 is 35.4 Å². The summed E-state index contributed by atoms with van der Waals surface area (Å²) in [5.74, 6) is -0.847. The fraction of sp³-hybridized carbons (Fsp3) is 0.600. The van der Waals surface area contributed by atoms with Crippen LogP contribution in [0, 0.1) is 0 Å². The summed E-state index contributed by atoms with van der Waals surface area (Å²) < 4.78 is 49.9. The number of ether oxygens (including phenoxy) is 2. The topological polar surface area (TPSA) is 113 Å². The van der Waals surface area contributed by atoms with Crippen LogP contribution >= 0.6 is 0 Å². The number of carbonyl (C=O) groups is 1. The van der Waals surface area contributed by atoms with Crippen molar-refractivity contribution < 1.29 is 32.5 Å². The molecule has 0 bridgehead atoms. The summed E-state index contributed by atoms with van der Waals surface area (Å²) in [5, 5.41) is 13.3. The Hall–Kier alpha value is -3.31. The molecule has 206 valence electrons. The zero-order chi connectivity index (χ0) is 27.6. The molecule has 0 aliphatic carbocycles. The van der Waals surface area contributed by atoms with Crippen LogP contribution in [0.2, 0.25) is 0 Å². The van der Waals surface area contributed by atoms with E-state index in [-0.39, 0.29) is 25.5 Å². The van der Waals surface area contributed by atoms with Gasteiger partial charge in [-0.3, -0.25) is 9.36 Å². The number of nitrogens with zero attached hydrogens (tertiary/aromatic N) is 3. The van der Waals surface area contributed by atoms with Gasteiger partial charge in [0, 0.05) is 20.0 Å². The van der Waals surface area contributed by atoms with Crippen LogP contribution in [0.25, 0.3) is 0 Å². The second-order valence-corrected chi connectivity index (χ2v) is 9.09. The van der Waals surface area contributed by atoms with Crippen LogP contribution in [0.1, 0.15) is 64.4 Å². The van der Waals surface area contributed by atoms with Gasteiger partial charge in [0.05, 0.1) is 6.61 Å². The van der Waals surface area contributed by atoms with E-state index in [0.29, 0.717) is 25.0 Å². The van der Waals surface area contributed by atoms with Gasteiger partial charge in [-0.05, 0) is 63.1 Å². The Morgan fingerprint density at radius 3 is 2.49 bits per heavy atom. The van der Waals surface area contributed by atoms with Crippen LogP contribution in [0.4, 0.5) is 13.2 Å². The molecule has 2 aromatic rings. The fourth-order valence-corrected chi connectivity index (χ4v) is 3.74. The first-order chi connectivity index (χ1) is 17.4. The predicted octanol–water partition coefficient (Wildman–Crippen LogP) is 4.10. The minimum Gasteiger partial charge on any atom is -0.478 e. The Morgan fingerprint density at radius 1 is 1.11 bits per heavy atom. The van der Waals surface area contributed by atoms with Gasteiger partial charge >= 0.3 is 23.4 Å². The molecule has 1 heterocycles. The number of rotatable bonds is 15. The fourth-order valence-electron chi connectivity index (χ4n) is 3.74. The summed E-state index contributed by atoms with van der Waals surface area (Å²) in [4.78, 5) is 35.9. The van der Waals surface area contributed by atoms with Gasteiger partial charge in [-0.25, -0.2) is 14.3 Å². The highest BCUT2D eigenvalue weighted by atomic mass is 19.4. The average molecular weight is 530 g/mol. The van der Waals surface area contributed by atoms with Gasteiger partial charge in [-0.2, -0.15) is 13.2 Å². The van der Waals surface area contributed by atoms with Crippen LogP contribution in [0.15, 0.2) is 33.9 Å². The zero-order valence-electron chi connectivity index (χ0n) is 21.3. The third-order valence-electron chi connectivity index (χ3n) is 5.81. The molecule has 12 heteroatoms. The van der Waals surface area contributed by atoms with Crippen molar-refractivity contribution in [2.24, 2.45) is 7.05 Å². The lowest BCUT2D eigenvalue weighted by Crippen LogP contribution is -2.41. The van der Waals surface area contributed by atoms with Gasteiger partial charge < -0.3 is 14.6 Å². The number of carboxylic acids is 1. The molecule has 1 aromatic heterocycles. The highest BCUT2D eigenvalue weighted by Crippen LogP contribution is 2.25. The van der Waals surface area contributed by atoms with E-state index >= 15 is 0 Å². The first-order valence-corrected chi connectivity index (χ1v) is 12.3. The SMILES string of the molecule is CCCC(C)(Oc1cccc(CCCCCOc2nn(CCCC(F)(F)F)c(=O)n(C)c2=O)c1)C(=O)O.